The molecular weight excluding hydrogens is 230 g/mol. The molecule has 0 rings (SSSR count). The van der Waals surface area contributed by atoms with Gasteiger partial charge in [0.25, 0.3) is 0 Å². The molecule has 3 N–H and O–H groups in total. The van der Waals surface area contributed by atoms with E-state index in [1.165, 1.54) is 32.1 Å². The Morgan fingerprint density at radius 3 is 1.93 bits per heavy atom. The van der Waals surface area contributed by atoms with Gasteiger partial charge in [-0.05, 0) is 0 Å². The van der Waals surface area contributed by atoms with Crippen molar-refractivity contribution in [2.45, 2.75) is 46.0 Å². The fraction of sp³-hybridized carbons (Fsp3) is 1.00. The van der Waals surface area contributed by atoms with Crippen molar-refractivity contribution in [3.8, 4) is 0 Å². The van der Waals surface area contributed by atoms with E-state index in [9.17, 15) is 0 Å². The van der Waals surface area contributed by atoms with Crippen LogP contribution in [-0.2, 0) is 4.57 Å². The molecule has 0 radical (unpaired) electrons. The van der Waals surface area contributed by atoms with Crippen molar-refractivity contribution in [1.29, 1.82) is 0 Å². The second-order valence-electron chi connectivity index (χ2n) is 3.76. The summed E-state index contributed by atoms with van der Waals surface area (Å²) >= 11 is 1.07. The molecule has 0 saturated carbocycles. The molecule has 14 heavy (non-hydrogen) atoms. The van der Waals surface area contributed by atoms with Gasteiger partial charge in [0.1, 0.15) is 0 Å². The van der Waals surface area contributed by atoms with E-state index in [4.69, 9.17) is 19.2 Å². The molecule has 0 aromatic rings. The van der Waals surface area contributed by atoms with Crippen LogP contribution in [0.25, 0.3) is 0 Å². The fourth-order valence-corrected chi connectivity index (χ4v) is 1.62. The average molecular weight is 250 g/mol. The second kappa shape index (κ2) is 11.2. The van der Waals surface area contributed by atoms with Gasteiger partial charge in [0.05, 0.1) is 0 Å². The van der Waals surface area contributed by atoms with E-state index in [-0.39, 0.29) is 0 Å². The van der Waals surface area contributed by atoms with Gasteiger partial charge in [-0.25, -0.2) is 4.57 Å². The molecular formula is C8H20KO4P. The number of hydrogen-bond donors (Lipinski definition) is 3. The maximum atomic E-state index is 8.88. The van der Waals surface area contributed by atoms with Crippen LogP contribution in [0.4, 0.5) is 0 Å². The number of phosphoric acid groups is 1. The van der Waals surface area contributed by atoms with E-state index >= 15 is 0 Å². The predicted molar refractivity (Wildman–Crippen MR) is 58.2 cm³/mol. The smallest absolute Gasteiger partial charge is 0.303 e. The van der Waals surface area contributed by atoms with E-state index in [2.05, 4.69) is 13.8 Å². The standard InChI is InChI=1S/C8H17.K.H3O4P/c1-3-5-7-8-6-4-2;;1-5(2,3)4/h3H,4-8H2,1-2H3;;(H3,1,2,3,4). The molecule has 0 heterocycles. The average Bonchev–Trinajstić information content (AvgIpc) is 1.94. The topological polar surface area (TPSA) is 77.8 Å². The minimum absolute atomic E-state index is 1.07. The Bertz CT molecular complexity index is 149. The molecule has 0 spiro atoms. The second-order valence-corrected chi connectivity index (χ2v) is 7.86. The van der Waals surface area contributed by atoms with Gasteiger partial charge in [0.2, 0.25) is 0 Å². The molecule has 4 nitrogen and oxygen atoms in total. The van der Waals surface area contributed by atoms with Gasteiger partial charge in [-0.2, -0.15) is 0 Å². The molecule has 0 aromatic heterocycles. The molecule has 0 fully saturated rings. The summed E-state index contributed by atoms with van der Waals surface area (Å²) in [4.78, 5) is 21.6. The summed E-state index contributed by atoms with van der Waals surface area (Å²) < 4.78 is 9.97. The minimum Gasteiger partial charge on any atom is -0.303 e. The summed E-state index contributed by atoms with van der Waals surface area (Å²) in [7, 11) is -4.64. The molecule has 0 aliphatic carbocycles. The monoisotopic (exact) mass is 250 g/mol. The summed E-state index contributed by atoms with van der Waals surface area (Å²) in [5.74, 6) is 0. The Morgan fingerprint density at radius 1 is 1.21 bits per heavy atom. The zero-order valence-electron chi connectivity index (χ0n) is 9.31. The maximum Gasteiger partial charge on any atom is 0.466 e. The summed E-state index contributed by atoms with van der Waals surface area (Å²) in [6.45, 7) is 4.65. The van der Waals surface area contributed by atoms with Gasteiger partial charge >= 0.3 is 103 Å². The molecule has 82 valence electrons. The first kappa shape index (κ1) is 18.1. The summed E-state index contributed by atoms with van der Waals surface area (Å²) in [5, 5.41) is 0. The quantitative estimate of drug-likeness (QED) is 0.396. The Balaban J connectivity index is 0. The van der Waals surface area contributed by atoms with E-state index in [1.807, 2.05) is 0 Å². The maximum absolute atomic E-state index is 8.88. The third-order valence-corrected chi connectivity index (χ3v) is 2.54. The van der Waals surface area contributed by atoms with Crippen LogP contribution >= 0.6 is 7.82 Å². The van der Waals surface area contributed by atoms with Crippen LogP contribution in [0.3, 0.4) is 0 Å². The third kappa shape index (κ3) is 37.2. The van der Waals surface area contributed by atoms with Crippen molar-refractivity contribution >= 4 is 56.8 Å². The zero-order valence-corrected chi connectivity index (χ0v) is 13.3. The van der Waals surface area contributed by atoms with E-state index in [1.54, 1.807) is 0 Å². The number of rotatable bonds is 5. The van der Waals surface area contributed by atoms with Crippen LogP contribution in [0.1, 0.15) is 46.0 Å². The summed E-state index contributed by atoms with van der Waals surface area (Å²) in [5.41, 5.74) is 0. The Morgan fingerprint density at radius 2 is 1.64 bits per heavy atom. The van der Waals surface area contributed by atoms with Crippen LogP contribution in [-0.4, -0.2) is 63.6 Å². The first-order valence-electron chi connectivity index (χ1n) is 5.05. The van der Waals surface area contributed by atoms with Gasteiger partial charge in [-0.3, -0.25) is 0 Å². The van der Waals surface area contributed by atoms with Crippen molar-refractivity contribution in [3.05, 3.63) is 0 Å². The van der Waals surface area contributed by atoms with Crippen LogP contribution in [0.2, 0.25) is 0.0125 Å². The first-order valence-corrected chi connectivity index (χ1v) is 8.42. The molecule has 0 aliphatic rings. The normalized spacial score (nSPS) is 13.1. The van der Waals surface area contributed by atoms with E-state index < -0.39 is 7.82 Å². The SMILES string of the molecule is CCCCCC[CH](C)[K].O=P(O)(O)O. The molecule has 0 bridgehead atoms. The van der Waals surface area contributed by atoms with Gasteiger partial charge in [0, 0.05) is 0 Å². The molecule has 6 heteroatoms. The molecule has 0 aromatic carbocycles. The summed E-state index contributed by atoms with van der Waals surface area (Å²) in [6.07, 6.45) is 7.27. The molecule has 0 saturated heterocycles. The largest absolute Gasteiger partial charge is 0.466 e. The van der Waals surface area contributed by atoms with Gasteiger partial charge in [-0.1, -0.05) is 0 Å². The molecule has 0 aliphatic heterocycles. The Hall–Kier alpha value is 1.75. The predicted octanol–water partition coefficient (Wildman–Crippen LogP) is 2.01. The molecule has 1 unspecified atom stereocenters. The Labute approximate surface area is 120 Å². The van der Waals surface area contributed by atoms with Crippen molar-refractivity contribution in [1.82, 2.24) is 0 Å². The van der Waals surface area contributed by atoms with E-state index in [0.29, 0.717) is 0 Å². The van der Waals surface area contributed by atoms with Gasteiger partial charge in [0.15, 0.2) is 0 Å². The third-order valence-electron chi connectivity index (χ3n) is 1.64. The molecule has 0 amide bonds. The van der Waals surface area contributed by atoms with Crippen molar-refractivity contribution in [2.75, 3.05) is 0 Å². The van der Waals surface area contributed by atoms with Gasteiger partial charge < -0.3 is 14.7 Å². The number of unbranched alkanes of at least 4 members (excludes halogenated alkanes) is 3. The van der Waals surface area contributed by atoms with Crippen LogP contribution in [0.15, 0.2) is 0 Å². The van der Waals surface area contributed by atoms with Gasteiger partial charge in [-0.15, -0.1) is 0 Å². The van der Waals surface area contributed by atoms with Crippen molar-refractivity contribution in [3.63, 3.8) is 0 Å². The van der Waals surface area contributed by atoms with Crippen LogP contribution < -0.4 is 0 Å². The zero-order chi connectivity index (χ0) is 11.6. The van der Waals surface area contributed by atoms with Crippen molar-refractivity contribution < 1.29 is 19.2 Å². The minimum atomic E-state index is -4.64. The molecule has 1 atom stereocenters. The van der Waals surface area contributed by atoms with Crippen LogP contribution in [0.5, 0.6) is 0 Å². The Kier molecular flexibility index (Phi) is 14.5. The fourth-order valence-electron chi connectivity index (χ4n) is 0.979. The van der Waals surface area contributed by atoms with Crippen LogP contribution in [0, 0.1) is 0 Å². The number of hydrogen-bond acceptors (Lipinski definition) is 1. The summed E-state index contributed by atoms with van der Waals surface area (Å²) in [6, 6.07) is 0. The van der Waals surface area contributed by atoms with Crippen molar-refractivity contribution in [2.24, 2.45) is 0 Å². The van der Waals surface area contributed by atoms with E-state index in [0.717, 1.165) is 49.0 Å². The first-order chi connectivity index (χ1) is 6.27.